The van der Waals surface area contributed by atoms with Crippen LogP contribution in [0.25, 0.3) is 76.9 Å². The highest BCUT2D eigenvalue weighted by Crippen LogP contribution is 2.42. The molecule has 0 aliphatic heterocycles. The zero-order valence-electron chi connectivity index (χ0n) is 28.4. The first-order chi connectivity index (χ1) is 25.8. The minimum absolute atomic E-state index is 0.895. The van der Waals surface area contributed by atoms with Crippen molar-refractivity contribution in [1.29, 1.82) is 0 Å². The van der Waals surface area contributed by atoms with Crippen LogP contribution in [0.4, 0.5) is 17.1 Å². The fourth-order valence-electron chi connectivity index (χ4n) is 7.66. The third-order valence-electron chi connectivity index (χ3n) is 10.2. The fraction of sp³-hybridized carbons (Fsp3) is 0. The van der Waals surface area contributed by atoms with Crippen LogP contribution >= 0.6 is 0 Å². The third kappa shape index (κ3) is 5.21. The Bertz CT molecular complexity index is 2890. The van der Waals surface area contributed by atoms with E-state index >= 15 is 0 Å². The Balaban J connectivity index is 1.10. The molecule has 10 rings (SSSR count). The van der Waals surface area contributed by atoms with E-state index in [4.69, 9.17) is 4.42 Å². The second-order valence-corrected chi connectivity index (χ2v) is 13.4. The molecular formula is C50H33NO. The lowest BCUT2D eigenvalue weighted by molar-refractivity contribution is 0.673. The lowest BCUT2D eigenvalue weighted by Gasteiger charge is -2.26. The molecule has 0 atom stereocenters. The van der Waals surface area contributed by atoms with Crippen molar-refractivity contribution < 1.29 is 4.42 Å². The number of anilines is 3. The SMILES string of the molecule is c1ccc(-c2ccc(N(c3ccc(-c4ccc5ccccc5c4)cc3)c3cccc(-c4cccc5oc6c7ccccc7ccc6c45)c3)cc2)cc1. The Morgan fingerprint density at radius 1 is 0.327 bits per heavy atom. The van der Waals surface area contributed by atoms with Crippen LogP contribution in [-0.2, 0) is 0 Å². The Morgan fingerprint density at radius 3 is 1.71 bits per heavy atom. The van der Waals surface area contributed by atoms with E-state index in [-0.39, 0.29) is 0 Å². The normalized spacial score (nSPS) is 11.5. The van der Waals surface area contributed by atoms with Crippen LogP contribution in [0.2, 0.25) is 0 Å². The summed E-state index contributed by atoms with van der Waals surface area (Å²) in [5.74, 6) is 0. The lowest BCUT2D eigenvalue weighted by Crippen LogP contribution is -2.10. The molecule has 0 aliphatic carbocycles. The van der Waals surface area contributed by atoms with Crippen molar-refractivity contribution in [3.63, 3.8) is 0 Å². The predicted molar refractivity (Wildman–Crippen MR) is 220 cm³/mol. The maximum absolute atomic E-state index is 6.55. The summed E-state index contributed by atoms with van der Waals surface area (Å²) in [4.78, 5) is 2.35. The van der Waals surface area contributed by atoms with Crippen molar-refractivity contribution in [2.45, 2.75) is 0 Å². The average Bonchev–Trinajstić information content (AvgIpc) is 3.61. The number of nitrogens with zero attached hydrogens (tertiary/aromatic N) is 1. The molecule has 2 nitrogen and oxygen atoms in total. The largest absolute Gasteiger partial charge is 0.455 e. The molecule has 0 amide bonds. The first-order valence-electron chi connectivity index (χ1n) is 17.8. The maximum Gasteiger partial charge on any atom is 0.143 e. The fourth-order valence-corrected chi connectivity index (χ4v) is 7.66. The standard InChI is InChI=1S/C50H33NO/c1-2-10-34(11-3-1)36-22-27-42(28-23-36)51(43-29-24-37(25-30-43)40-21-20-35-12-4-5-14-39(35)32-40)44-16-8-15-41(33-44)45-18-9-19-48-49(45)47-31-26-38-13-6-7-17-46(38)50(47)52-48/h1-33H. The molecule has 2 heteroatoms. The molecule has 0 bridgehead atoms. The molecule has 1 heterocycles. The minimum atomic E-state index is 0.895. The van der Waals surface area contributed by atoms with Crippen LogP contribution in [-0.4, -0.2) is 0 Å². The Hall–Kier alpha value is -6.90. The summed E-state index contributed by atoms with van der Waals surface area (Å²) in [6, 6.07) is 71.7. The third-order valence-corrected chi connectivity index (χ3v) is 10.2. The number of hydrogen-bond acceptors (Lipinski definition) is 2. The summed E-state index contributed by atoms with van der Waals surface area (Å²) >= 11 is 0. The van der Waals surface area contributed by atoms with E-state index in [1.54, 1.807) is 0 Å². The first-order valence-corrected chi connectivity index (χ1v) is 17.8. The second kappa shape index (κ2) is 12.5. The van der Waals surface area contributed by atoms with Gasteiger partial charge in [-0.1, -0.05) is 146 Å². The van der Waals surface area contributed by atoms with Gasteiger partial charge in [-0.25, -0.2) is 0 Å². The van der Waals surface area contributed by atoms with E-state index in [9.17, 15) is 0 Å². The number of rotatable bonds is 6. The molecule has 1 aromatic heterocycles. The van der Waals surface area contributed by atoms with Gasteiger partial charge in [0.15, 0.2) is 0 Å². The van der Waals surface area contributed by atoms with E-state index in [0.717, 1.165) is 55.5 Å². The van der Waals surface area contributed by atoms with Gasteiger partial charge in [0.25, 0.3) is 0 Å². The molecule has 52 heavy (non-hydrogen) atoms. The van der Waals surface area contributed by atoms with Crippen molar-refractivity contribution in [1.82, 2.24) is 0 Å². The summed E-state index contributed by atoms with van der Waals surface area (Å²) in [5.41, 5.74) is 12.2. The summed E-state index contributed by atoms with van der Waals surface area (Å²) in [5, 5.41) is 7.08. The number of furan rings is 1. The Labute approximate surface area is 302 Å². The molecule has 0 N–H and O–H groups in total. The first kappa shape index (κ1) is 30.0. The molecule has 0 unspecified atom stereocenters. The average molecular weight is 664 g/mol. The van der Waals surface area contributed by atoms with Crippen LogP contribution < -0.4 is 4.90 Å². The van der Waals surface area contributed by atoms with E-state index in [1.807, 2.05) is 0 Å². The highest BCUT2D eigenvalue weighted by Gasteiger charge is 2.18. The van der Waals surface area contributed by atoms with E-state index in [0.29, 0.717) is 0 Å². The molecule has 244 valence electrons. The van der Waals surface area contributed by atoms with Crippen LogP contribution in [0.1, 0.15) is 0 Å². The van der Waals surface area contributed by atoms with Gasteiger partial charge in [0.1, 0.15) is 11.2 Å². The van der Waals surface area contributed by atoms with Gasteiger partial charge in [0.2, 0.25) is 0 Å². The van der Waals surface area contributed by atoms with Crippen LogP contribution in [0.15, 0.2) is 205 Å². The number of benzene rings is 9. The van der Waals surface area contributed by atoms with Crippen molar-refractivity contribution in [3.05, 3.63) is 200 Å². The number of fused-ring (bicyclic) bond motifs is 6. The van der Waals surface area contributed by atoms with E-state index < -0.39 is 0 Å². The quantitative estimate of drug-likeness (QED) is 0.176. The van der Waals surface area contributed by atoms with Gasteiger partial charge in [-0.05, 0) is 104 Å². The summed E-state index contributed by atoms with van der Waals surface area (Å²) < 4.78 is 6.55. The van der Waals surface area contributed by atoms with Gasteiger partial charge in [-0.3, -0.25) is 0 Å². The molecule has 0 fully saturated rings. The van der Waals surface area contributed by atoms with Gasteiger partial charge >= 0.3 is 0 Å². The summed E-state index contributed by atoms with van der Waals surface area (Å²) in [6.07, 6.45) is 0. The summed E-state index contributed by atoms with van der Waals surface area (Å²) in [7, 11) is 0. The molecule has 0 saturated carbocycles. The van der Waals surface area contributed by atoms with Crippen molar-refractivity contribution >= 4 is 60.5 Å². The summed E-state index contributed by atoms with van der Waals surface area (Å²) in [6.45, 7) is 0. The van der Waals surface area contributed by atoms with Crippen molar-refractivity contribution in [2.24, 2.45) is 0 Å². The minimum Gasteiger partial charge on any atom is -0.455 e. The molecule has 0 saturated heterocycles. The molecule has 0 radical (unpaired) electrons. The second-order valence-electron chi connectivity index (χ2n) is 13.4. The zero-order chi connectivity index (χ0) is 34.4. The topological polar surface area (TPSA) is 16.4 Å². The van der Waals surface area contributed by atoms with E-state index in [1.165, 1.54) is 38.4 Å². The van der Waals surface area contributed by atoms with Crippen molar-refractivity contribution in [3.8, 4) is 33.4 Å². The molecule has 9 aromatic carbocycles. The van der Waals surface area contributed by atoms with Gasteiger partial charge in [0, 0.05) is 33.2 Å². The smallest absolute Gasteiger partial charge is 0.143 e. The highest BCUT2D eigenvalue weighted by molar-refractivity contribution is 6.19. The van der Waals surface area contributed by atoms with Crippen LogP contribution in [0, 0.1) is 0 Å². The molecule has 0 spiro atoms. The van der Waals surface area contributed by atoms with E-state index in [2.05, 4.69) is 205 Å². The lowest BCUT2D eigenvalue weighted by atomic mass is 9.97. The highest BCUT2D eigenvalue weighted by atomic mass is 16.3. The predicted octanol–water partition coefficient (Wildman–Crippen LogP) is 14.4. The zero-order valence-corrected chi connectivity index (χ0v) is 28.4. The van der Waals surface area contributed by atoms with Crippen LogP contribution in [0.5, 0.6) is 0 Å². The molecular weight excluding hydrogens is 631 g/mol. The Morgan fingerprint density at radius 2 is 0.923 bits per heavy atom. The maximum atomic E-state index is 6.55. The van der Waals surface area contributed by atoms with Crippen molar-refractivity contribution in [2.75, 3.05) is 4.90 Å². The molecule has 10 aromatic rings. The Kier molecular flexibility index (Phi) is 7.18. The molecule has 0 aliphatic rings. The van der Waals surface area contributed by atoms with Gasteiger partial charge in [-0.2, -0.15) is 0 Å². The van der Waals surface area contributed by atoms with Gasteiger partial charge < -0.3 is 9.32 Å². The van der Waals surface area contributed by atoms with Gasteiger partial charge in [-0.15, -0.1) is 0 Å². The van der Waals surface area contributed by atoms with Gasteiger partial charge in [0.05, 0.1) is 0 Å². The monoisotopic (exact) mass is 663 g/mol. The number of hydrogen-bond donors (Lipinski definition) is 0. The van der Waals surface area contributed by atoms with Crippen LogP contribution in [0.3, 0.4) is 0 Å².